The second-order valence-corrected chi connectivity index (χ2v) is 11.7. The fourth-order valence-corrected chi connectivity index (χ4v) is 2.63. The zero-order chi connectivity index (χ0) is 20.9. The van der Waals surface area contributed by atoms with E-state index in [1.54, 1.807) is 28.2 Å². The molecule has 0 amide bonds. The van der Waals surface area contributed by atoms with E-state index in [2.05, 4.69) is 27.1 Å². The fraction of sp³-hybridized carbons (Fsp3) is 1.00. The Labute approximate surface area is 151 Å². The van der Waals surface area contributed by atoms with E-state index in [1.165, 1.54) is 58.7 Å². The number of nitrogens with zero attached hydrogens (tertiary/aromatic N) is 2. The van der Waals surface area contributed by atoms with Gasteiger partial charge in [-0.05, 0) is 28.2 Å². The maximum absolute atomic E-state index is 11.1. The highest BCUT2D eigenvalue weighted by molar-refractivity contribution is 7.53. The first kappa shape index (κ1) is 30.1. The molecular formula is C11H33N2O9P3. The molecular weight excluding hydrogens is 397 g/mol. The molecule has 156 valence electrons. The Kier molecular flexibility index (Phi) is 17.4. The van der Waals surface area contributed by atoms with Gasteiger partial charge in [0.15, 0.2) is 0 Å². The summed E-state index contributed by atoms with van der Waals surface area (Å²) in [6.07, 6.45) is 0. The number of hydrogen-bond acceptors (Lipinski definition) is 9. The molecule has 0 atom stereocenters. The average molecular weight is 430 g/mol. The Balaban J connectivity index is -0.000000293. The molecule has 0 aromatic heterocycles. The Morgan fingerprint density at radius 3 is 0.720 bits per heavy atom. The lowest BCUT2D eigenvalue weighted by Crippen LogP contribution is -2.10. The van der Waals surface area contributed by atoms with E-state index in [-0.39, 0.29) is 0 Å². The Morgan fingerprint density at radius 2 is 0.720 bits per heavy atom. The van der Waals surface area contributed by atoms with Gasteiger partial charge in [0.2, 0.25) is 0 Å². The second kappa shape index (κ2) is 14.4. The molecule has 0 saturated carbocycles. The second-order valence-electron chi connectivity index (χ2n) is 4.50. The molecule has 11 nitrogen and oxygen atoms in total. The van der Waals surface area contributed by atoms with Crippen LogP contribution in [0, 0.1) is 0 Å². The third-order valence-corrected chi connectivity index (χ3v) is 7.70. The first-order valence-electron chi connectivity index (χ1n) is 6.73. The van der Waals surface area contributed by atoms with Crippen molar-refractivity contribution in [1.29, 1.82) is 0 Å². The summed E-state index contributed by atoms with van der Waals surface area (Å²) < 4.78 is 62.9. The predicted molar refractivity (Wildman–Crippen MR) is 98.2 cm³/mol. The van der Waals surface area contributed by atoms with Crippen LogP contribution in [-0.4, -0.2) is 86.9 Å². The summed E-state index contributed by atoms with van der Waals surface area (Å²) in [6.45, 7) is 1.41. The van der Waals surface area contributed by atoms with E-state index in [4.69, 9.17) is 0 Å². The van der Waals surface area contributed by atoms with E-state index in [0.717, 1.165) is 0 Å². The summed E-state index contributed by atoms with van der Waals surface area (Å²) in [5, 5.41) is 0. The van der Waals surface area contributed by atoms with Crippen molar-refractivity contribution in [2.75, 3.05) is 77.5 Å². The van der Waals surface area contributed by atoms with Crippen molar-refractivity contribution in [2.45, 2.75) is 0 Å². The van der Waals surface area contributed by atoms with E-state index in [9.17, 15) is 13.7 Å². The zero-order valence-electron chi connectivity index (χ0n) is 16.9. The van der Waals surface area contributed by atoms with Gasteiger partial charge in [0.05, 0.1) is 0 Å². The number of hydrogen-bond donors (Lipinski definition) is 0. The lowest BCUT2D eigenvalue weighted by atomic mass is 11.3. The van der Waals surface area contributed by atoms with Gasteiger partial charge in [-0.15, -0.1) is 0 Å². The summed E-state index contributed by atoms with van der Waals surface area (Å²) in [6, 6.07) is 0. The Hall–Kier alpha value is 0.370. The van der Waals surface area contributed by atoms with Crippen LogP contribution >= 0.6 is 23.1 Å². The Bertz CT molecular complexity index is 420. The fourth-order valence-electron chi connectivity index (χ4n) is 0.877. The lowest BCUT2D eigenvalue weighted by Gasteiger charge is -2.19. The smallest absolute Gasteiger partial charge is 0.312 e. The first-order chi connectivity index (χ1) is 11.3. The molecule has 0 unspecified atom stereocenters. The van der Waals surface area contributed by atoms with Crippen LogP contribution in [0.3, 0.4) is 0 Å². The van der Waals surface area contributed by atoms with Crippen molar-refractivity contribution in [2.24, 2.45) is 0 Å². The highest BCUT2D eigenvalue weighted by Gasteiger charge is 2.24. The van der Waals surface area contributed by atoms with Gasteiger partial charge in [-0.1, -0.05) is 0 Å². The first-order valence-corrected chi connectivity index (χ1v) is 11.7. The molecule has 0 saturated heterocycles. The molecule has 25 heavy (non-hydrogen) atoms. The van der Waals surface area contributed by atoms with Gasteiger partial charge in [0.25, 0.3) is 0 Å². The van der Waals surface area contributed by atoms with Crippen LogP contribution in [0.15, 0.2) is 0 Å². The summed E-state index contributed by atoms with van der Waals surface area (Å²) in [5.41, 5.74) is 0. The quantitative estimate of drug-likeness (QED) is 0.530. The summed E-state index contributed by atoms with van der Waals surface area (Å²) in [4.78, 5) is 0. The molecule has 0 spiro atoms. The lowest BCUT2D eigenvalue weighted by molar-refractivity contribution is 0.231. The van der Waals surface area contributed by atoms with Crippen LogP contribution < -0.4 is 0 Å². The minimum absolute atomic E-state index is 1.35. The molecule has 0 aromatic rings. The molecule has 0 rings (SSSR count). The summed E-state index contributed by atoms with van der Waals surface area (Å²) in [7, 11) is 6.15. The molecule has 0 bridgehead atoms. The molecule has 0 heterocycles. The van der Waals surface area contributed by atoms with Gasteiger partial charge in [-0.25, -0.2) is 18.5 Å². The topological polar surface area (TPSA) is 113 Å². The van der Waals surface area contributed by atoms with Crippen LogP contribution in [0.25, 0.3) is 0 Å². The van der Waals surface area contributed by atoms with Gasteiger partial charge in [-0.2, -0.15) is 0 Å². The third-order valence-electron chi connectivity index (χ3n) is 2.57. The highest BCUT2D eigenvalue weighted by Crippen LogP contribution is 2.48. The minimum atomic E-state index is -2.92. The molecule has 0 aliphatic heterocycles. The summed E-state index contributed by atoms with van der Waals surface area (Å²) in [5.74, 6) is 0. The standard InChI is InChI=1S/2C4H12NO3P.C3H9O3P/c2*1-5(2)9(6,7-3)8-4;1-5-7(3,4)6-2/h2*1-4H3;1-3H3. The van der Waals surface area contributed by atoms with Crippen molar-refractivity contribution in [3.8, 4) is 0 Å². The van der Waals surface area contributed by atoms with Crippen molar-refractivity contribution in [3.05, 3.63) is 0 Å². The monoisotopic (exact) mass is 430 g/mol. The largest absolute Gasteiger partial charge is 0.407 e. The Morgan fingerprint density at radius 1 is 0.520 bits per heavy atom. The average Bonchev–Trinajstić information content (AvgIpc) is 2.60. The normalized spacial score (nSPS) is 12.4. The molecule has 0 radical (unpaired) electrons. The van der Waals surface area contributed by atoms with Gasteiger partial charge in [0.1, 0.15) is 0 Å². The molecule has 0 fully saturated rings. The number of rotatable bonds is 8. The summed E-state index contributed by atoms with van der Waals surface area (Å²) >= 11 is 0. The van der Waals surface area contributed by atoms with E-state index < -0.39 is 23.1 Å². The zero-order valence-corrected chi connectivity index (χ0v) is 19.6. The van der Waals surface area contributed by atoms with Crippen LogP contribution in [0.2, 0.25) is 0 Å². The molecule has 14 heteroatoms. The van der Waals surface area contributed by atoms with Crippen LogP contribution in [0.5, 0.6) is 0 Å². The van der Waals surface area contributed by atoms with Crippen LogP contribution in [-0.2, 0) is 40.8 Å². The molecule has 0 aliphatic rings. The van der Waals surface area contributed by atoms with E-state index in [0.29, 0.717) is 0 Å². The van der Waals surface area contributed by atoms with Crippen molar-refractivity contribution >= 4 is 23.1 Å². The molecule has 0 aliphatic carbocycles. The van der Waals surface area contributed by atoms with Crippen LogP contribution in [0.1, 0.15) is 0 Å². The van der Waals surface area contributed by atoms with Crippen molar-refractivity contribution in [3.63, 3.8) is 0 Å². The van der Waals surface area contributed by atoms with E-state index >= 15 is 0 Å². The predicted octanol–water partition coefficient (Wildman–Crippen LogP) is 3.00. The van der Waals surface area contributed by atoms with Gasteiger partial charge in [0, 0.05) is 49.3 Å². The van der Waals surface area contributed by atoms with Gasteiger partial charge < -0.3 is 9.05 Å². The molecule has 0 N–H and O–H groups in total. The SMILES string of the molecule is COP(=O)(OC)N(C)C.COP(=O)(OC)N(C)C.COP(C)(=O)OC. The molecule has 0 aromatic carbocycles. The van der Waals surface area contributed by atoms with Crippen molar-refractivity contribution in [1.82, 2.24) is 9.34 Å². The minimum Gasteiger partial charge on any atom is -0.312 e. The third kappa shape index (κ3) is 13.2. The highest BCUT2D eigenvalue weighted by atomic mass is 31.2. The van der Waals surface area contributed by atoms with E-state index in [1.807, 2.05) is 0 Å². The van der Waals surface area contributed by atoms with Gasteiger partial charge >= 0.3 is 23.1 Å². The van der Waals surface area contributed by atoms with Crippen molar-refractivity contribution < 1.29 is 40.8 Å². The van der Waals surface area contributed by atoms with Gasteiger partial charge in [-0.3, -0.25) is 22.7 Å². The maximum atomic E-state index is 11.1. The maximum Gasteiger partial charge on any atom is 0.407 e. The van der Waals surface area contributed by atoms with Crippen LogP contribution in [0.4, 0.5) is 0 Å².